The summed E-state index contributed by atoms with van der Waals surface area (Å²) in [6.07, 6.45) is 8.91. The molecular formula is C12H9NS. The number of benzene rings is 1. The van der Waals surface area contributed by atoms with Gasteiger partial charge >= 0.3 is 0 Å². The largest absolute Gasteiger partial charge is 0.192 e. The molecule has 1 nitrogen and oxygen atoms in total. The number of thioether (sulfide) groups is 1. The van der Waals surface area contributed by atoms with Gasteiger partial charge in [0.2, 0.25) is 0 Å². The second-order valence-electron chi connectivity index (χ2n) is 2.57. The maximum atomic E-state index is 8.63. The number of nitriles is 1. The van der Waals surface area contributed by atoms with Gasteiger partial charge in [0.25, 0.3) is 0 Å². The fourth-order valence-electron chi connectivity index (χ4n) is 1.04. The first-order valence-corrected chi connectivity index (χ1v) is 5.25. The summed E-state index contributed by atoms with van der Waals surface area (Å²) in [6, 6.07) is 9.45. The molecule has 68 valence electrons. The van der Waals surface area contributed by atoms with E-state index in [-0.39, 0.29) is 0 Å². The second kappa shape index (κ2) is 5.17. The van der Waals surface area contributed by atoms with Crippen LogP contribution in [0.25, 0.3) is 4.91 Å². The summed E-state index contributed by atoms with van der Waals surface area (Å²) in [4.78, 5) is 1.04. The van der Waals surface area contributed by atoms with E-state index in [0.717, 1.165) is 10.5 Å². The van der Waals surface area contributed by atoms with Gasteiger partial charge in [-0.2, -0.15) is 5.26 Å². The van der Waals surface area contributed by atoms with E-state index in [4.69, 9.17) is 11.7 Å². The van der Waals surface area contributed by atoms with Gasteiger partial charge in [0.1, 0.15) is 0 Å². The summed E-state index contributed by atoms with van der Waals surface area (Å²) in [5.74, 6) is 2.50. The van der Waals surface area contributed by atoms with Crippen molar-refractivity contribution in [1.29, 1.82) is 5.26 Å². The monoisotopic (exact) mass is 199 g/mol. The normalized spacial score (nSPS) is 10.4. The Bertz CT molecular complexity index is 415. The highest BCUT2D eigenvalue weighted by molar-refractivity contribution is 8.07. The third kappa shape index (κ3) is 2.42. The van der Waals surface area contributed by atoms with Crippen molar-refractivity contribution < 1.29 is 0 Å². The quantitative estimate of drug-likeness (QED) is 0.684. The summed E-state index contributed by atoms with van der Waals surface area (Å²) in [7, 11) is 0. The van der Waals surface area contributed by atoms with Crippen LogP contribution in [0.15, 0.2) is 30.3 Å². The lowest BCUT2D eigenvalue weighted by Gasteiger charge is -2.01. The minimum atomic E-state index is 0.662. The zero-order valence-electron chi connectivity index (χ0n) is 7.82. The van der Waals surface area contributed by atoms with Crippen LogP contribution in [0.1, 0.15) is 11.1 Å². The average Bonchev–Trinajstić information content (AvgIpc) is 2.26. The lowest BCUT2D eigenvalue weighted by atomic mass is 10.1. The number of allylic oxidation sites excluding steroid dienone is 1. The first kappa shape index (κ1) is 10.4. The summed E-state index contributed by atoms with van der Waals surface area (Å²) in [5.41, 5.74) is 1.71. The fraction of sp³-hybridized carbons (Fsp3) is 0.0833. The molecule has 0 heterocycles. The fourth-order valence-corrected chi connectivity index (χ4v) is 1.60. The van der Waals surface area contributed by atoms with Gasteiger partial charge in [-0.15, -0.1) is 18.2 Å². The maximum Gasteiger partial charge on any atom is 0.0991 e. The van der Waals surface area contributed by atoms with Gasteiger partial charge in [0, 0.05) is 11.0 Å². The Balaban J connectivity index is 3.04. The van der Waals surface area contributed by atoms with Gasteiger partial charge in [0.15, 0.2) is 0 Å². The summed E-state index contributed by atoms with van der Waals surface area (Å²) in [6.45, 7) is 0. The predicted molar refractivity (Wildman–Crippen MR) is 61.5 cm³/mol. The zero-order valence-corrected chi connectivity index (χ0v) is 8.64. The summed E-state index contributed by atoms with van der Waals surface area (Å²) < 4.78 is 0. The Labute approximate surface area is 88.4 Å². The molecule has 0 bridgehead atoms. The molecule has 0 saturated heterocycles. The lowest BCUT2D eigenvalue weighted by molar-refractivity contribution is 1.48. The Morgan fingerprint density at radius 3 is 2.50 bits per heavy atom. The van der Waals surface area contributed by atoms with Crippen LogP contribution in [0, 0.1) is 23.7 Å². The predicted octanol–water partition coefficient (Wildman–Crippen LogP) is 2.90. The molecule has 0 N–H and O–H groups in total. The van der Waals surface area contributed by atoms with E-state index < -0.39 is 0 Å². The van der Waals surface area contributed by atoms with E-state index in [1.54, 1.807) is 30.0 Å². The SMILES string of the molecule is C#C/C=C(\SC)c1ccc(C#N)cc1. The highest BCUT2D eigenvalue weighted by atomic mass is 32.2. The van der Waals surface area contributed by atoms with E-state index in [2.05, 4.69) is 12.0 Å². The van der Waals surface area contributed by atoms with Gasteiger partial charge in [-0.05, 0) is 24.0 Å². The van der Waals surface area contributed by atoms with Crippen molar-refractivity contribution in [3.8, 4) is 18.4 Å². The molecule has 0 spiro atoms. The van der Waals surface area contributed by atoms with Crippen molar-refractivity contribution in [2.45, 2.75) is 0 Å². The molecule has 0 fully saturated rings. The maximum absolute atomic E-state index is 8.63. The minimum Gasteiger partial charge on any atom is -0.192 e. The second-order valence-corrected chi connectivity index (χ2v) is 3.42. The van der Waals surface area contributed by atoms with E-state index in [1.165, 1.54) is 0 Å². The third-order valence-corrected chi connectivity index (χ3v) is 2.53. The molecular weight excluding hydrogens is 190 g/mol. The van der Waals surface area contributed by atoms with E-state index in [0.29, 0.717) is 5.56 Å². The van der Waals surface area contributed by atoms with Gasteiger partial charge in [-0.3, -0.25) is 0 Å². The van der Waals surface area contributed by atoms with Crippen molar-refractivity contribution >= 4 is 16.7 Å². The van der Waals surface area contributed by atoms with Gasteiger partial charge < -0.3 is 0 Å². The molecule has 0 aliphatic heterocycles. The molecule has 0 radical (unpaired) electrons. The molecule has 14 heavy (non-hydrogen) atoms. The van der Waals surface area contributed by atoms with E-state index >= 15 is 0 Å². The standard InChI is InChI=1S/C12H9NS/c1-3-4-12(14-2)11-7-5-10(9-13)6-8-11/h1,4-8H,2H3/b12-4-. The van der Waals surface area contributed by atoms with Crippen LogP contribution in [-0.4, -0.2) is 6.26 Å². The first-order valence-electron chi connectivity index (χ1n) is 4.02. The van der Waals surface area contributed by atoms with Crippen LogP contribution in [-0.2, 0) is 0 Å². The van der Waals surface area contributed by atoms with Gasteiger partial charge in [-0.25, -0.2) is 0 Å². The van der Waals surface area contributed by atoms with Crippen LogP contribution in [0.2, 0.25) is 0 Å². The topological polar surface area (TPSA) is 23.8 Å². The molecule has 1 aromatic carbocycles. The summed E-state index contributed by atoms with van der Waals surface area (Å²) in [5, 5.41) is 8.63. The highest BCUT2D eigenvalue weighted by Crippen LogP contribution is 2.24. The number of hydrogen-bond donors (Lipinski definition) is 0. The van der Waals surface area contributed by atoms with E-state index in [1.807, 2.05) is 18.4 Å². The van der Waals surface area contributed by atoms with Crippen molar-refractivity contribution in [1.82, 2.24) is 0 Å². The van der Waals surface area contributed by atoms with Crippen LogP contribution >= 0.6 is 11.8 Å². The zero-order chi connectivity index (χ0) is 10.4. The molecule has 0 atom stereocenters. The van der Waals surface area contributed by atoms with Crippen LogP contribution in [0.3, 0.4) is 0 Å². The molecule has 1 aromatic rings. The molecule has 0 unspecified atom stereocenters. The van der Waals surface area contributed by atoms with Crippen molar-refractivity contribution in [3.63, 3.8) is 0 Å². The van der Waals surface area contributed by atoms with E-state index in [9.17, 15) is 0 Å². The first-order chi connectivity index (χ1) is 6.81. The molecule has 0 saturated carbocycles. The molecule has 0 aliphatic rings. The lowest BCUT2D eigenvalue weighted by Crippen LogP contribution is -1.80. The third-order valence-electron chi connectivity index (χ3n) is 1.73. The average molecular weight is 199 g/mol. The number of nitrogens with zero attached hydrogens (tertiary/aromatic N) is 1. The Morgan fingerprint density at radius 2 is 2.07 bits per heavy atom. The molecule has 0 aromatic heterocycles. The van der Waals surface area contributed by atoms with Gasteiger partial charge in [0.05, 0.1) is 11.6 Å². The summed E-state index contributed by atoms with van der Waals surface area (Å²) >= 11 is 1.60. The smallest absolute Gasteiger partial charge is 0.0991 e. The van der Waals surface area contributed by atoms with Crippen LogP contribution in [0.4, 0.5) is 0 Å². The van der Waals surface area contributed by atoms with Gasteiger partial charge in [-0.1, -0.05) is 18.1 Å². The molecule has 0 aliphatic carbocycles. The molecule has 0 amide bonds. The van der Waals surface area contributed by atoms with Crippen molar-refractivity contribution in [2.24, 2.45) is 0 Å². The number of hydrogen-bond acceptors (Lipinski definition) is 2. The Kier molecular flexibility index (Phi) is 3.85. The number of terminal acetylenes is 1. The molecule has 1 rings (SSSR count). The highest BCUT2D eigenvalue weighted by Gasteiger charge is 1.98. The Hall–Kier alpha value is -1.64. The van der Waals surface area contributed by atoms with Crippen molar-refractivity contribution in [3.05, 3.63) is 41.5 Å². The van der Waals surface area contributed by atoms with Crippen molar-refractivity contribution in [2.75, 3.05) is 6.26 Å². The van der Waals surface area contributed by atoms with Crippen LogP contribution in [0.5, 0.6) is 0 Å². The number of rotatable bonds is 2. The molecule has 2 heteroatoms. The minimum absolute atomic E-state index is 0.662. The van der Waals surface area contributed by atoms with Crippen LogP contribution < -0.4 is 0 Å². The Morgan fingerprint density at radius 1 is 1.43 bits per heavy atom.